The number of rotatable bonds is 8. The minimum atomic E-state index is -0.320. The van der Waals surface area contributed by atoms with E-state index in [1.165, 1.54) is 0 Å². The molecular weight excluding hydrogens is 294 g/mol. The molecule has 23 heavy (non-hydrogen) atoms. The third kappa shape index (κ3) is 4.16. The summed E-state index contributed by atoms with van der Waals surface area (Å²) in [5, 5.41) is 17.6. The molecule has 0 amide bonds. The lowest BCUT2D eigenvalue weighted by atomic mass is 10.1. The third-order valence-corrected chi connectivity index (χ3v) is 3.55. The summed E-state index contributed by atoms with van der Waals surface area (Å²) in [4.78, 5) is 11.8. The van der Waals surface area contributed by atoms with Crippen LogP contribution < -0.4 is 0 Å². The molecule has 0 bridgehead atoms. The van der Waals surface area contributed by atoms with Gasteiger partial charge in [0.25, 0.3) is 0 Å². The largest absolute Gasteiger partial charge is 0.462 e. The lowest BCUT2D eigenvalue weighted by molar-refractivity contribution is 0.0505. The number of carbonyl (C=O) groups is 1. The maximum absolute atomic E-state index is 11.8. The van der Waals surface area contributed by atoms with Crippen LogP contribution in [0.15, 0.2) is 24.3 Å². The SMILES string of the molecule is CCCCc1c(CO)nnn1-c1ccc(C(=O)OCCC)cc1. The van der Waals surface area contributed by atoms with E-state index in [9.17, 15) is 9.90 Å². The summed E-state index contributed by atoms with van der Waals surface area (Å²) >= 11 is 0. The molecule has 0 spiro atoms. The number of aromatic nitrogens is 3. The molecule has 1 aromatic carbocycles. The van der Waals surface area contributed by atoms with Crippen LogP contribution in [0.1, 0.15) is 54.9 Å². The van der Waals surface area contributed by atoms with Crippen LogP contribution in [0.2, 0.25) is 0 Å². The van der Waals surface area contributed by atoms with Gasteiger partial charge >= 0.3 is 5.97 Å². The van der Waals surface area contributed by atoms with E-state index >= 15 is 0 Å². The summed E-state index contributed by atoms with van der Waals surface area (Å²) in [7, 11) is 0. The van der Waals surface area contributed by atoms with E-state index in [1.54, 1.807) is 16.8 Å². The Balaban J connectivity index is 2.22. The topological polar surface area (TPSA) is 77.2 Å². The van der Waals surface area contributed by atoms with Gasteiger partial charge in [-0.25, -0.2) is 9.48 Å². The van der Waals surface area contributed by atoms with E-state index in [0.717, 1.165) is 37.1 Å². The van der Waals surface area contributed by atoms with Gasteiger partial charge < -0.3 is 9.84 Å². The van der Waals surface area contributed by atoms with Gasteiger partial charge in [0.05, 0.1) is 30.2 Å². The fourth-order valence-electron chi connectivity index (χ4n) is 2.27. The highest BCUT2D eigenvalue weighted by atomic mass is 16.5. The summed E-state index contributed by atoms with van der Waals surface area (Å²) in [6, 6.07) is 7.07. The van der Waals surface area contributed by atoms with Crippen molar-refractivity contribution in [2.24, 2.45) is 0 Å². The van der Waals surface area contributed by atoms with E-state index in [1.807, 2.05) is 19.1 Å². The van der Waals surface area contributed by atoms with Crippen LogP contribution in [0.5, 0.6) is 0 Å². The Morgan fingerprint density at radius 2 is 1.96 bits per heavy atom. The van der Waals surface area contributed by atoms with E-state index in [4.69, 9.17) is 4.74 Å². The van der Waals surface area contributed by atoms with E-state index in [0.29, 0.717) is 17.9 Å². The molecule has 0 atom stereocenters. The first-order valence-corrected chi connectivity index (χ1v) is 8.03. The van der Waals surface area contributed by atoms with Gasteiger partial charge in [-0.2, -0.15) is 0 Å². The minimum absolute atomic E-state index is 0.125. The van der Waals surface area contributed by atoms with E-state index in [-0.39, 0.29) is 12.6 Å². The first kappa shape index (κ1) is 17.1. The molecule has 0 radical (unpaired) electrons. The van der Waals surface area contributed by atoms with Gasteiger partial charge in [-0.1, -0.05) is 25.5 Å². The van der Waals surface area contributed by atoms with Crippen LogP contribution in [0.4, 0.5) is 0 Å². The van der Waals surface area contributed by atoms with Crippen molar-refractivity contribution in [3.8, 4) is 5.69 Å². The monoisotopic (exact) mass is 317 g/mol. The number of ether oxygens (including phenoxy) is 1. The third-order valence-electron chi connectivity index (χ3n) is 3.55. The molecule has 0 saturated carbocycles. The van der Waals surface area contributed by atoms with Crippen molar-refractivity contribution in [2.45, 2.75) is 46.1 Å². The standard InChI is InChI=1S/C17H23N3O3/c1-3-5-6-16-15(12-21)18-19-20(16)14-9-7-13(8-10-14)17(22)23-11-4-2/h7-10,21H,3-6,11-12H2,1-2H3. The van der Waals surface area contributed by atoms with Gasteiger partial charge in [0.1, 0.15) is 5.69 Å². The summed E-state index contributed by atoms with van der Waals surface area (Å²) in [6.45, 7) is 4.37. The van der Waals surface area contributed by atoms with Gasteiger partial charge in [-0.15, -0.1) is 5.10 Å². The maximum Gasteiger partial charge on any atom is 0.338 e. The number of aliphatic hydroxyl groups excluding tert-OH is 1. The molecule has 1 aromatic heterocycles. The molecule has 0 unspecified atom stereocenters. The summed E-state index contributed by atoms with van der Waals surface area (Å²) in [6.07, 6.45) is 3.66. The van der Waals surface area contributed by atoms with Crippen LogP contribution in [0, 0.1) is 0 Å². The summed E-state index contributed by atoms with van der Waals surface area (Å²) in [5.74, 6) is -0.320. The highest BCUT2D eigenvalue weighted by molar-refractivity contribution is 5.89. The summed E-state index contributed by atoms with van der Waals surface area (Å²) in [5.41, 5.74) is 2.84. The quantitative estimate of drug-likeness (QED) is 0.757. The Kier molecular flexibility index (Phi) is 6.29. The number of benzene rings is 1. The number of hydrogen-bond donors (Lipinski definition) is 1. The molecule has 0 aliphatic rings. The van der Waals surface area contributed by atoms with Crippen molar-refractivity contribution >= 4 is 5.97 Å². The van der Waals surface area contributed by atoms with Crippen LogP contribution in [-0.2, 0) is 17.8 Å². The number of hydrogen-bond acceptors (Lipinski definition) is 5. The second-order valence-corrected chi connectivity index (χ2v) is 5.34. The van der Waals surface area contributed by atoms with Gasteiger partial charge in [0, 0.05) is 0 Å². The number of aliphatic hydroxyl groups is 1. The Labute approximate surface area is 136 Å². The molecular formula is C17H23N3O3. The lowest BCUT2D eigenvalue weighted by Gasteiger charge is -2.08. The number of nitrogens with zero attached hydrogens (tertiary/aromatic N) is 3. The normalized spacial score (nSPS) is 10.7. The molecule has 0 aliphatic heterocycles. The predicted molar refractivity (Wildman–Crippen MR) is 86.5 cm³/mol. The molecule has 1 N–H and O–H groups in total. The van der Waals surface area contributed by atoms with Crippen LogP contribution in [-0.4, -0.2) is 32.7 Å². The van der Waals surface area contributed by atoms with Gasteiger partial charge in [0.15, 0.2) is 0 Å². The van der Waals surface area contributed by atoms with Crippen LogP contribution in [0.25, 0.3) is 5.69 Å². The van der Waals surface area contributed by atoms with Gasteiger partial charge in [0.2, 0.25) is 0 Å². The molecule has 124 valence electrons. The van der Waals surface area contributed by atoms with Crippen molar-refractivity contribution in [3.63, 3.8) is 0 Å². The first-order valence-electron chi connectivity index (χ1n) is 8.03. The molecule has 0 fully saturated rings. The molecule has 0 saturated heterocycles. The summed E-state index contributed by atoms with van der Waals surface area (Å²) < 4.78 is 6.84. The second-order valence-electron chi connectivity index (χ2n) is 5.34. The molecule has 2 aromatic rings. The Morgan fingerprint density at radius 3 is 2.57 bits per heavy atom. The average molecular weight is 317 g/mol. The Hall–Kier alpha value is -2.21. The fourth-order valence-corrected chi connectivity index (χ4v) is 2.27. The zero-order valence-electron chi connectivity index (χ0n) is 13.7. The van der Waals surface area contributed by atoms with E-state index in [2.05, 4.69) is 17.2 Å². The average Bonchev–Trinajstić information content (AvgIpc) is 3.00. The molecule has 6 heteroatoms. The highest BCUT2D eigenvalue weighted by Gasteiger charge is 2.14. The second kappa shape index (κ2) is 8.43. The predicted octanol–water partition coefficient (Wildman–Crippen LogP) is 2.67. The van der Waals surface area contributed by atoms with Crippen molar-refractivity contribution in [1.82, 2.24) is 15.0 Å². The zero-order chi connectivity index (χ0) is 16.7. The Morgan fingerprint density at radius 1 is 1.22 bits per heavy atom. The van der Waals surface area contributed by atoms with Gasteiger partial charge in [-0.3, -0.25) is 0 Å². The van der Waals surface area contributed by atoms with Crippen LogP contribution >= 0.6 is 0 Å². The van der Waals surface area contributed by atoms with Gasteiger partial charge in [-0.05, 0) is 43.5 Å². The zero-order valence-corrected chi connectivity index (χ0v) is 13.7. The Bertz CT molecular complexity index is 635. The van der Waals surface area contributed by atoms with Crippen molar-refractivity contribution in [3.05, 3.63) is 41.2 Å². The van der Waals surface area contributed by atoms with Crippen molar-refractivity contribution in [2.75, 3.05) is 6.61 Å². The number of unbranched alkanes of at least 4 members (excludes halogenated alkanes) is 1. The molecule has 1 heterocycles. The number of carbonyl (C=O) groups excluding carboxylic acids is 1. The van der Waals surface area contributed by atoms with Crippen molar-refractivity contribution < 1.29 is 14.6 Å². The maximum atomic E-state index is 11.8. The van der Waals surface area contributed by atoms with Crippen molar-refractivity contribution in [1.29, 1.82) is 0 Å². The number of esters is 1. The molecule has 2 rings (SSSR count). The highest BCUT2D eigenvalue weighted by Crippen LogP contribution is 2.17. The molecule has 6 nitrogen and oxygen atoms in total. The minimum Gasteiger partial charge on any atom is -0.462 e. The van der Waals surface area contributed by atoms with Crippen LogP contribution in [0.3, 0.4) is 0 Å². The fraction of sp³-hybridized carbons (Fsp3) is 0.471. The first-order chi connectivity index (χ1) is 11.2. The lowest BCUT2D eigenvalue weighted by Crippen LogP contribution is -2.07. The molecule has 0 aliphatic carbocycles. The smallest absolute Gasteiger partial charge is 0.338 e. The van der Waals surface area contributed by atoms with E-state index < -0.39 is 0 Å².